The van der Waals surface area contributed by atoms with Crippen molar-refractivity contribution in [1.29, 1.82) is 0 Å². The molecule has 0 nitrogen and oxygen atoms in total. The molecule has 2 aromatic rings. The second-order valence-electron chi connectivity index (χ2n) is 3.66. The summed E-state index contributed by atoms with van der Waals surface area (Å²) < 4.78 is 26.8. The van der Waals surface area contributed by atoms with Crippen molar-refractivity contribution in [3.8, 4) is 0 Å². The molecule has 1 aliphatic rings. The third kappa shape index (κ3) is 0.857. The van der Waals surface area contributed by atoms with Gasteiger partial charge in [-0.1, -0.05) is 12.1 Å². The lowest BCUT2D eigenvalue weighted by Gasteiger charge is -2.03. The van der Waals surface area contributed by atoms with E-state index < -0.39 is 11.6 Å². The monoisotopic (exact) mass is 190 g/mol. The molecule has 2 heteroatoms. The van der Waals surface area contributed by atoms with Gasteiger partial charge in [-0.3, -0.25) is 0 Å². The molecule has 0 amide bonds. The zero-order valence-electron chi connectivity index (χ0n) is 7.48. The third-order valence-electron chi connectivity index (χ3n) is 2.90. The van der Waals surface area contributed by atoms with Gasteiger partial charge >= 0.3 is 0 Å². The molecule has 0 heterocycles. The van der Waals surface area contributed by atoms with Gasteiger partial charge in [0.25, 0.3) is 0 Å². The van der Waals surface area contributed by atoms with E-state index in [1.165, 1.54) is 12.1 Å². The Balaban J connectivity index is 2.60. The van der Waals surface area contributed by atoms with Gasteiger partial charge in [-0.25, -0.2) is 8.78 Å². The van der Waals surface area contributed by atoms with E-state index in [2.05, 4.69) is 0 Å². The van der Waals surface area contributed by atoms with Crippen LogP contribution in [0.25, 0.3) is 10.8 Å². The molecule has 0 unspecified atom stereocenters. The molecular formula is C12H8F2. The van der Waals surface area contributed by atoms with E-state index >= 15 is 0 Å². The lowest BCUT2D eigenvalue weighted by atomic mass is 10.0. The first-order valence-corrected chi connectivity index (χ1v) is 4.66. The Morgan fingerprint density at radius 3 is 1.71 bits per heavy atom. The highest BCUT2D eigenvalue weighted by molar-refractivity contribution is 5.91. The van der Waals surface area contributed by atoms with Crippen LogP contribution in [0.15, 0.2) is 24.3 Å². The average Bonchev–Trinajstić information content (AvgIpc) is 2.58. The van der Waals surface area contributed by atoms with Crippen molar-refractivity contribution in [2.45, 2.75) is 12.8 Å². The fraction of sp³-hybridized carbons (Fsp3) is 0.167. The highest BCUT2D eigenvalue weighted by Crippen LogP contribution is 2.33. The van der Waals surface area contributed by atoms with Crippen LogP contribution in [0, 0.1) is 11.6 Å². The summed E-state index contributed by atoms with van der Waals surface area (Å²) in [5.74, 6) is -0.907. The molecule has 0 N–H and O–H groups in total. The van der Waals surface area contributed by atoms with Crippen LogP contribution in [0.2, 0.25) is 0 Å². The van der Waals surface area contributed by atoms with Crippen LogP contribution < -0.4 is 0 Å². The summed E-state index contributed by atoms with van der Waals surface area (Å²) in [5, 5.41) is 0.961. The Hall–Kier alpha value is -1.44. The minimum atomic E-state index is -0.454. The molecule has 2 aromatic carbocycles. The maximum Gasteiger partial charge on any atom is 0.134 e. The van der Waals surface area contributed by atoms with Crippen LogP contribution >= 0.6 is 0 Å². The van der Waals surface area contributed by atoms with E-state index in [1.54, 1.807) is 12.1 Å². The SMILES string of the molecule is Fc1ccc2c3c(ccc(F)c13)CC2. The minimum absolute atomic E-state index is 0.164. The Morgan fingerprint density at radius 1 is 0.714 bits per heavy atom. The highest BCUT2D eigenvalue weighted by Gasteiger charge is 2.18. The Labute approximate surface area is 80.2 Å². The first-order valence-electron chi connectivity index (χ1n) is 4.66. The van der Waals surface area contributed by atoms with Crippen LogP contribution in [0.1, 0.15) is 11.1 Å². The standard InChI is InChI=1S/C12H8F2/c13-9-5-3-7-1-2-8-4-6-10(14)12(9)11(7)8/h3-6H,1-2H2. The molecule has 0 fully saturated rings. The second kappa shape index (κ2) is 2.53. The van der Waals surface area contributed by atoms with Gasteiger partial charge < -0.3 is 0 Å². The largest absolute Gasteiger partial charge is 0.206 e. The maximum absolute atomic E-state index is 13.4. The first-order chi connectivity index (χ1) is 6.77. The second-order valence-corrected chi connectivity index (χ2v) is 3.66. The van der Waals surface area contributed by atoms with Crippen molar-refractivity contribution in [1.82, 2.24) is 0 Å². The summed E-state index contributed by atoms with van der Waals surface area (Å²) >= 11 is 0. The van der Waals surface area contributed by atoms with Crippen molar-refractivity contribution < 1.29 is 8.78 Å². The quantitative estimate of drug-likeness (QED) is 0.598. The van der Waals surface area contributed by atoms with Crippen molar-refractivity contribution in [3.05, 3.63) is 47.0 Å². The normalized spacial score (nSPS) is 13.9. The van der Waals surface area contributed by atoms with Gasteiger partial charge in [0.1, 0.15) is 11.6 Å². The molecule has 0 atom stereocenters. The van der Waals surface area contributed by atoms with Gasteiger partial charge in [-0.15, -0.1) is 0 Å². The molecule has 0 spiro atoms. The smallest absolute Gasteiger partial charge is 0.134 e. The lowest BCUT2D eigenvalue weighted by molar-refractivity contribution is 0.608. The first kappa shape index (κ1) is 7.92. The molecule has 0 saturated heterocycles. The molecule has 70 valence electrons. The van der Waals surface area contributed by atoms with E-state index in [4.69, 9.17) is 0 Å². The van der Waals surface area contributed by atoms with Crippen LogP contribution in [-0.2, 0) is 12.8 Å². The van der Waals surface area contributed by atoms with E-state index in [0.29, 0.717) is 0 Å². The number of halogens is 2. The molecule has 1 aliphatic carbocycles. The molecule has 0 aliphatic heterocycles. The Morgan fingerprint density at radius 2 is 1.21 bits per heavy atom. The molecule has 0 radical (unpaired) electrons. The summed E-state index contributed by atoms with van der Waals surface area (Å²) in [5.41, 5.74) is 2.13. The molecule has 0 saturated carbocycles. The molecular weight excluding hydrogens is 182 g/mol. The van der Waals surface area contributed by atoms with E-state index in [1.807, 2.05) is 0 Å². The van der Waals surface area contributed by atoms with E-state index in [0.717, 1.165) is 29.4 Å². The number of hydrogen-bond donors (Lipinski definition) is 0. The zero-order valence-corrected chi connectivity index (χ0v) is 7.48. The fourth-order valence-corrected chi connectivity index (χ4v) is 2.25. The predicted molar refractivity (Wildman–Crippen MR) is 51.3 cm³/mol. The predicted octanol–water partition coefficient (Wildman–Crippen LogP) is 3.22. The van der Waals surface area contributed by atoms with Gasteiger partial charge in [0.15, 0.2) is 0 Å². The van der Waals surface area contributed by atoms with Crippen LogP contribution in [0.4, 0.5) is 8.78 Å². The zero-order chi connectivity index (χ0) is 9.71. The van der Waals surface area contributed by atoms with Crippen molar-refractivity contribution >= 4 is 10.8 Å². The highest BCUT2D eigenvalue weighted by atomic mass is 19.1. The summed E-state index contributed by atoms with van der Waals surface area (Å²) in [6.07, 6.45) is 1.80. The topological polar surface area (TPSA) is 0 Å². The summed E-state index contributed by atoms with van der Waals surface area (Å²) in [7, 11) is 0. The van der Waals surface area contributed by atoms with Crippen molar-refractivity contribution in [3.63, 3.8) is 0 Å². The van der Waals surface area contributed by atoms with Crippen molar-refractivity contribution in [2.75, 3.05) is 0 Å². The Bertz CT molecular complexity index is 485. The average molecular weight is 190 g/mol. The number of aryl methyl sites for hydroxylation is 2. The number of rotatable bonds is 0. The van der Waals surface area contributed by atoms with Gasteiger partial charge in [-0.05, 0) is 41.5 Å². The van der Waals surface area contributed by atoms with E-state index in [-0.39, 0.29) is 5.39 Å². The van der Waals surface area contributed by atoms with E-state index in [9.17, 15) is 8.78 Å². The van der Waals surface area contributed by atoms with Crippen LogP contribution in [-0.4, -0.2) is 0 Å². The number of benzene rings is 2. The summed E-state index contributed by atoms with van der Waals surface area (Å²) in [6.45, 7) is 0. The third-order valence-corrected chi connectivity index (χ3v) is 2.90. The van der Waals surface area contributed by atoms with Crippen molar-refractivity contribution in [2.24, 2.45) is 0 Å². The lowest BCUT2D eigenvalue weighted by Crippen LogP contribution is -1.87. The molecule has 0 bridgehead atoms. The maximum atomic E-state index is 13.4. The van der Waals surface area contributed by atoms with Gasteiger partial charge in [-0.2, -0.15) is 0 Å². The van der Waals surface area contributed by atoms with Crippen LogP contribution in [0.3, 0.4) is 0 Å². The number of hydrogen-bond acceptors (Lipinski definition) is 0. The Kier molecular flexibility index (Phi) is 1.43. The summed E-state index contributed by atoms with van der Waals surface area (Å²) in [4.78, 5) is 0. The van der Waals surface area contributed by atoms with Gasteiger partial charge in [0.2, 0.25) is 0 Å². The minimum Gasteiger partial charge on any atom is -0.206 e. The molecule has 14 heavy (non-hydrogen) atoms. The van der Waals surface area contributed by atoms with Crippen LogP contribution in [0.5, 0.6) is 0 Å². The van der Waals surface area contributed by atoms with Gasteiger partial charge in [0.05, 0.1) is 5.39 Å². The summed E-state index contributed by atoms with van der Waals surface area (Å²) in [6, 6.07) is 6.23. The fourth-order valence-electron chi connectivity index (χ4n) is 2.25. The van der Waals surface area contributed by atoms with Gasteiger partial charge in [0, 0.05) is 0 Å². The molecule has 0 aromatic heterocycles. The molecule has 3 rings (SSSR count).